The van der Waals surface area contributed by atoms with Crippen LogP contribution in [0.1, 0.15) is 53.5 Å². The number of nitrogens with two attached hydrogens (primary N) is 1. The van der Waals surface area contributed by atoms with Gasteiger partial charge in [0.15, 0.2) is 11.3 Å². The minimum absolute atomic E-state index is 0.0586. The molecule has 0 unspecified atom stereocenters. The number of hydrogen-bond donors (Lipinski definition) is 2. The molecule has 2 saturated heterocycles. The van der Waals surface area contributed by atoms with Crippen molar-refractivity contribution in [2.75, 3.05) is 24.5 Å². The van der Waals surface area contributed by atoms with Crippen molar-refractivity contribution in [3.8, 4) is 10.6 Å². The largest absolute Gasteiger partial charge is 0.355 e. The Morgan fingerprint density at radius 3 is 2.94 bits per heavy atom. The summed E-state index contributed by atoms with van der Waals surface area (Å²) in [5.74, 6) is 0.915. The van der Waals surface area contributed by atoms with Gasteiger partial charge in [0.25, 0.3) is 5.91 Å². The maximum Gasteiger partial charge on any atom is 0.274 e. The number of nitrogens with one attached hydrogen (secondary N) is 1. The first-order valence-corrected chi connectivity index (χ1v) is 12.7. The Morgan fingerprint density at radius 1 is 1.24 bits per heavy atom. The van der Waals surface area contributed by atoms with E-state index in [1.807, 2.05) is 45.3 Å². The molecule has 10 heteroatoms. The molecule has 176 valence electrons. The van der Waals surface area contributed by atoms with Crippen molar-refractivity contribution < 1.29 is 4.79 Å². The standard InChI is InChI=1S/C24H28N8OS/c1-15-13-32-22(26-23(15)30-9-7-16(25)14-30)12-17(29-32)20-5-2-3-8-31(20)24(33)19-11-18(27-28-19)21-6-4-10-34-21/h4,6,10-13,16,20H,2-3,5,7-9,14,25H2,1H3,(H,27,28)/t16-,20-/m0/s1. The van der Waals surface area contributed by atoms with Gasteiger partial charge >= 0.3 is 0 Å². The van der Waals surface area contributed by atoms with Crippen molar-refractivity contribution in [2.45, 2.75) is 44.7 Å². The fourth-order valence-corrected chi connectivity index (χ4v) is 5.79. The van der Waals surface area contributed by atoms with Crippen molar-refractivity contribution in [2.24, 2.45) is 5.73 Å². The molecule has 2 aliphatic rings. The van der Waals surface area contributed by atoms with Gasteiger partial charge < -0.3 is 15.5 Å². The van der Waals surface area contributed by atoms with Gasteiger partial charge in [0, 0.05) is 43.5 Å². The Hall–Kier alpha value is -3.24. The van der Waals surface area contributed by atoms with Crippen molar-refractivity contribution in [1.82, 2.24) is 29.7 Å². The van der Waals surface area contributed by atoms with Crippen LogP contribution in [0.2, 0.25) is 0 Å². The minimum atomic E-state index is -0.0891. The van der Waals surface area contributed by atoms with Crippen molar-refractivity contribution in [3.63, 3.8) is 0 Å². The van der Waals surface area contributed by atoms with Gasteiger partial charge in [-0.3, -0.25) is 9.89 Å². The molecular weight excluding hydrogens is 448 g/mol. The van der Waals surface area contributed by atoms with Crippen LogP contribution in [0.3, 0.4) is 0 Å². The first-order valence-electron chi connectivity index (χ1n) is 11.8. The highest BCUT2D eigenvalue weighted by Gasteiger charge is 2.32. The lowest BCUT2D eigenvalue weighted by Gasteiger charge is -2.34. The number of H-pyrrole nitrogens is 1. The Balaban J connectivity index is 1.29. The number of rotatable bonds is 4. The number of anilines is 1. The van der Waals surface area contributed by atoms with Crippen LogP contribution in [0.5, 0.6) is 0 Å². The summed E-state index contributed by atoms with van der Waals surface area (Å²) in [6.45, 7) is 4.51. The van der Waals surface area contributed by atoms with Crippen LogP contribution in [0.4, 0.5) is 5.82 Å². The number of fused-ring (bicyclic) bond motifs is 1. The number of piperidine rings is 1. The zero-order valence-electron chi connectivity index (χ0n) is 19.1. The van der Waals surface area contributed by atoms with E-state index in [4.69, 9.17) is 15.8 Å². The first kappa shape index (κ1) is 21.3. The van der Waals surface area contributed by atoms with E-state index in [9.17, 15) is 4.79 Å². The van der Waals surface area contributed by atoms with Gasteiger partial charge in [-0.15, -0.1) is 11.3 Å². The van der Waals surface area contributed by atoms with Gasteiger partial charge in [-0.1, -0.05) is 6.07 Å². The van der Waals surface area contributed by atoms with Crippen molar-refractivity contribution in [3.05, 3.63) is 52.8 Å². The summed E-state index contributed by atoms with van der Waals surface area (Å²) in [6.07, 6.45) is 5.93. The molecule has 6 rings (SSSR count). The molecule has 0 saturated carbocycles. The van der Waals surface area contributed by atoms with E-state index < -0.39 is 0 Å². The lowest BCUT2D eigenvalue weighted by molar-refractivity contribution is 0.0599. The van der Waals surface area contributed by atoms with E-state index in [-0.39, 0.29) is 18.0 Å². The van der Waals surface area contributed by atoms with Crippen LogP contribution < -0.4 is 10.6 Å². The maximum absolute atomic E-state index is 13.5. The van der Waals surface area contributed by atoms with Crippen LogP contribution in [-0.2, 0) is 0 Å². The molecule has 3 N–H and O–H groups in total. The number of hydrogen-bond acceptors (Lipinski definition) is 7. The molecule has 0 radical (unpaired) electrons. The van der Waals surface area contributed by atoms with Gasteiger partial charge in [0.1, 0.15) is 5.82 Å². The molecule has 9 nitrogen and oxygen atoms in total. The molecular formula is C24H28N8OS. The number of aromatic amines is 1. The molecule has 0 spiro atoms. The van der Waals surface area contributed by atoms with E-state index in [0.29, 0.717) is 12.2 Å². The molecule has 2 aliphatic heterocycles. The summed E-state index contributed by atoms with van der Waals surface area (Å²) in [7, 11) is 0. The number of amides is 1. The van der Waals surface area contributed by atoms with Crippen LogP contribution in [-0.4, -0.2) is 61.3 Å². The fraction of sp³-hybridized carbons (Fsp3) is 0.417. The first-order chi connectivity index (χ1) is 16.6. The highest BCUT2D eigenvalue weighted by Crippen LogP contribution is 2.33. The fourth-order valence-electron chi connectivity index (χ4n) is 5.10. The highest BCUT2D eigenvalue weighted by molar-refractivity contribution is 7.13. The number of carbonyl (C=O) groups is 1. The predicted octanol–water partition coefficient (Wildman–Crippen LogP) is 3.39. The third-order valence-electron chi connectivity index (χ3n) is 6.84. The summed E-state index contributed by atoms with van der Waals surface area (Å²) in [6, 6.07) is 7.99. The van der Waals surface area contributed by atoms with Crippen molar-refractivity contribution >= 4 is 28.7 Å². The van der Waals surface area contributed by atoms with Gasteiger partial charge in [0.05, 0.1) is 22.3 Å². The third-order valence-corrected chi connectivity index (χ3v) is 7.74. The quantitative estimate of drug-likeness (QED) is 0.467. The summed E-state index contributed by atoms with van der Waals surface area (Å²) >= 11 is 1.62. The Morgan fingerprint density at radius 2 is 2.15 bits per heavy atom. The Kier molecular flexibility index (Phi) is 5.34. The molecule has 34 heavy (non-hydrogen) atoms. The lowest BCUT2D eigenvalue weighted by Crippen LogP contribution is -2.38. The average Bonchev–Trinajstić information content (AvgIpc) is 3.64. The van der Waals surface area contributed by atoms with E-state index >= 15 is 0 Å². The second kappa shape index (κ2) is 8.52. The molecule has 6 heterocycles. The molecule has 2 atom stereocenters. The lowest BCUT2D eigenvalue weighted by atomic mass is 9.99. The van der Waals surface area contributed by atoms with Crippen molar-refractivity contribution in [1.29, 1.82) is 0 Å². The number of carbonyl (C=O) groups excluding carboxylic acids is 1. The SMILES string of the molecule is Cc1cn2nc([C@@H]3CCCCN3C(=O)c3cc(-c4cccs4)[nH]n3)cc2nc1N1CC[C@H](N)C1. The number of aryl methyl sites for hydroxylation is 1. The maximum atomic E-state index is 13.5. The van der Waals surface area contributed by atoms with E-state index in [1.165, 1.54) is 0 Å². The molecule has 2 fully saturated rings. The molecule has 1 amide bonds. The average molecular weight is 477 g/mol. The second-order valence-electron chi connectivity index (χ2n) is 9.27. The predicted molar refractivity (Wildman–Crippen MR) is 132 cm³/mol. The molecule has 4 aromatic rings. The summed E-state index contributed by atoms with van der Waals surface area (Å²) in [4.78, 5) is 23.6. The topological polar surface area (TPSA) is 108 Å². The van der Waals surface area contributed by atoms with E-state index in [1.54, 1.807) is 11.3 Å². The van der Waals surface area contributed by atoms with Crippen LogP contribution in [0.25, 0.3) is 16.2 Å². The molecule has 0 bridgehead atoms. The smallest absolute Gasteiger partial charge is 0.274 e. The number of thiophene rings is 1. The van der Waals surface area contributed by atoms with Gasteiger partial charge in [-0.05, 0) is 50.1 Å². The minimum Gasteiger partial charge on any atom is -0.355 e. The highest BCUT2D eigenvalue weighted by atomic mass is 32.1. The number of nitrogens with zero attached hydrogens (tertiary/aromatic N) is 6. The summed E-state index contributed by atoms with van der Waals surface area (Å²) in [5.41, 5.74) is 10.2. The molecule has 4 aromatic heterocycles. The third kappa shape index (κ3) is 3.76. The zero-order valence-corrected chi connectivity index (χ0v) is 20.0. The molecule has 0 aliphatic carbocycles. The molecule has 0 aromatic carbocycles. The van der Waals surface area contributed by atoms with Crippen LogP contribution in [0, 0.1) is 6.92 Å². The van der Waals surface area contributed by atoms with Crippen LogP contribution >= 0.6 is 11.3 Å². The van der Waals surface area contributed by atoms with Gasteiger partial charge in [-0.25, -0.2) is 9.50 Å². The summed E-state index contributed by atoms with van der Waals surface area (Å²) < 4.78 is 1.84. The monoisotopic (exact) mass is 476 g/mol. The number of aromatic nitrogens is 5. The summed E-state index contributed by atoms with van der Waals surface area (Å²) in [5, 5.41) is 14.2. The Bertz CT molecular complexity index is 1330. The number of likely N-dealkylation sites (tertiary alicyclic amines) is 1. The second-order valence-corrected chi connectivity index (χ2v) is 10.2. The van der Waals surface area contributed by atoms with Gasteiger partial charge in [-0.2, -0.15) is 10.2 Å². The normalized spacial score (nSPS) is 21.0. The van der Waals surface area contributed by atoms with Crippen LogP contribution in [0.15, 0.2) is 35.8 Å². The van der Waals surface area contributed by atoms with E-state index in [2.05, 4.69) is 22.0 Å². The zero-order chi connectivity index (χ0) is 23.2. The van der Waals surface area contributed by atoms with Gasteiger partial charge in [0.2, 0.25) is 0 Å². The Labute approximate surface area is 201 Å². The van der Waals surface area contributed by atoms with E-state index in [0.717, 1.165) is 72.1 Å².